The summed E-state index contributed by atoms with van der Waals surface area (Å²) in [5, 5.41) is 8.47. The van der Waals surface area contributed by atoms with Crippen molar-refractivity contribution in [1.29, 1.82) is 0 Å². The predicted octanol–water partition coefficient (Wildman–Crippen LogP) is 6.14. The van der Waals surface area contributed by atoms with E-state index in [1.54, 1.807) is 37.3 Å². The number of methoxy groups -OCH3 is 2. The van der Waals surface area contributed by atoms with Crippen molar-refractivity contribution in [2.75, 3.05) is 19.5 Å². The number of hydrogen-bond donors (Lipinski definition) is 1. The first-order chi connectivity index (χ1) is 15.6. The Balaban J connectivity index is 1.38. The van der Waals surface area contributed by atoms with Crippen LogP contribution in [0.4, 0.5) is 5.13 Å². The number of benzene rings is 2. The fraction of sp³-hybridized carbons (Fsp3) is 0.174. The molecule has 2 aromatic carbocycles. The van der Waals surface area contributed by atoms with Crippen LogP contribution < -0.4 is 14.8 Å². The molecule has 0 aliphatic heterocycles. The number of anilines is 1. The molecule has 164 valence electrons. The van der Waals surface area contributed by atoms with Gasteiger partial charge in [0.1, 0.15) is 0 Å². The van der Waals surface area contributed by atoms with E-state index in [0.29, 0.717) is 22.2 Å². The normalized spacial score (nSPS) is 10.7. The van der Waals surface area contributed by atoms with Crippen molar-refractivity contribution in [2.45, 2.75) is 17.6 Å². The van der Waals surface area contributed by atoms with Gasteiger partial charge in [-0.05, 0) is 49.4 Å². The maximum atomic E-state index is 12.6. The lowest BCUT2D eigenvalue weighted by molar-refractivity contribution is 0.102. The molecule has 0 saturated carbocycles. The summed E-state index contributed by atoms with van der Waals surface area (Å²) in [5.41, 5.74) is 3.31. The van der Waals surface area contributed by atoms with Crippen molar-refractivity contribution in [1.82, 2.24) is 9.97 Å². The molecule has 0 aliphatic rings. The molecule has 0 radical (unpaired) electrons. The summed E-state index contributed by atoms with van der Waals surface area (Å²) in [5.74, 6) is 1.91. The second kappa shape index (κ2) is 10.2. The minimum absolute atomic E-state index is 0.190. The highest BCUT2D eigenvalue weighted by atomic mass is 32.2. The van der Waals surface area contributed by atoms with Crippen LogP contribution in [0.1, 0.15) is 21.1 Å². The van der Waals surface area contributed by atoms with E-state index >= 15 is 0 Å². The molecule has 4 aromatic rings. The van der Waals surface area contributed by atoms with Gasteiger partial charge < -0.3 is 9.47 Å². The molecule has 0 atom stereocenters. The minimum atomic E-state index is -0.190. The number of rotatable bonds is 8. The molecule has 2 heterocycles. The van der Waals surface area contributed by atoms with E-state index in [4.69, 9.17) is 9.47 Å². The lowest BCUT2D eigenvalue weighted by Gasteiger charge is -2.08. The smallest absolute Gasteiger partial charge is 0.257 e. The standard InChI is InChI=1S/C23H21N3O3S3/c1-14-24-17(11-30-14)12-31-18-7-4-15(5-8-18)22(27)26-23-25-19(13-32-23)16-6-9-20(28-2)21(10-16)29-3/h4-11,13H,12H2,1-3H3,(H,25,26,27). The fourth-order valence-corrected chi connectivity index (χ4v) is 5.19. The zero-order valence-electron chi connectivity index (χ0n) is 17.7. The van der Waals surface area contributed by atoms with Crippen molar-refractivity contribution in [3.05, 3.63) is 69.5 Å². The minimum Gasteiger partial charge on any atom is -0.493 e. The van der Waals surface area contributed by atoms with Gasteiger partial charge in [-0.1, -0.05) is 0 Å². The van der Waals surface area contributed by atoms with Gasteiger partial charge in [0.15, 0.2) is 16.6 Å². The van der Waals surface area contributed by atoms with Crippen molar-refractivity contribution >= 4 is 45.5 Å². The Kier molecular flexibility index (Phi) is 7.09. The van der Waals surface area contributed by atoms with Gasteiger partial charge in [0.05, 0.1) is 30.6 Å². The zero-order chi connectivity index (χ0) is 22.5. The average molecular weight is 484 g/mol. The van der Waals surface area contributed by atoms with Gasteiger partial charge in [-0.15, -0.1) is 34.4 Å². The first kappa shape index (κ1) is 22.3. The summed E-state index contributed by atoms with van der Waals surface area (Å²) in [6.07, 6.45) is 0. The lowest BCUT2D eigenvalue weighted by Crippen LogP contribution is -2.11. The van der Waals surface area contributed by atoms with Gasteiger partial charge in [0.25, 0.3) is 5.91 Å². The molecule has 9 heteroatoms. The van der Waals surface area contributed by atoms with Crippen molar-refractivity contribution in [3.8, 4) is 22.8 Å². The van der Waals surface area contributed by atoms with E-state index in [9.17, 15) is 4.79 Å². The highest BCUT2D eigenvalue weighted by molar-refractivity contribution is 7.98. The number of nitrogens with zero attached hydrogens (tertiary/aromatic N) is 2. The molecule has 32 heavy (non-hydrogen) atoms. The molecule has 0 unspecified atom stereocenters. The first-order valence-electron chi connectivity index (χ1n) is 9.69. The fourth-order valence-electron chi connectivity index (χ4n) is 2.96. The zero-order valence-corrected chi connectivity index (χ0v) is 20.2. The first-order valence-corrected chi connectivity index (χ1v) is 12.4. The van der Waals surface area contributed by atoms with E-state index in [2.05, 4.69) is 20.7 Å². The van der Waals surface area contributed by atoms with Crippen LogP contribution in [-0.4, -0.2) is 30.1 Å². The Labute approximate surface area is 198 Å². The number of thioether (sulfide) groups is 1. The molecule has 0 spiro atoms. The lowest BCUT2D eigenvalue weighted by atomic mass is 10.1. The predicted molar refractivity (Wildman–Crippen MR) is 131 cm³/mol. The summed E-state index contributed by atoms with van der Waals surface area (Å²) in [4.78, 5) is 22.8. The van der Waals surface area contributed by atoms with Crippen LogP contribution in [0.5, 0.6) is 11.5 Å². The Morgan fingerprint density at radius 1 is 1.00 bits per heavy atom. The highest BCUT2D eigenvalue weighted by Crippen LogP contribution is 2.33. The molecule has 1 N–H and O–H groups in total. The van der Waals surface area contributed by atoms with Crippen LogP contribution >= 0.6 is 34.4 Å². The van der Waals surface area contributed by atoms with Crippen molar-refractivity contribution in [3.63, 3.8) is 0 Å². The Hall–Kier alpha value is -2.88. The third kappa shape index (κ3) is 5.29. The van der Waals surface area contributed by atoms with Crippen LogP contribution in [-0.2, 0) is 5.75 Å². The Morgan fingerprint density at radius 2 is 1.78 bits per heavy atom. The molecule has 0 aliphatic carbocycles. The topological polar surface area (TPSA) is 73.3 Å². The van der Waals surface area contributed by atoms with Crippen molar-refractivity contribution < 1.29 is 14.3 Å². The molecule has 0 fully saturated rings. The number of nitrogens with one attached hydrogen (secondary N) is 1. The summed E-state index contributed by atoms with van der Waals surface area (Å²) in [6.45, 7) is 2.01. The molecule has 6 nitrogen and oxygen atoms in total. The van der Waals surface area contributed by atoms with Gasteiger partial charge in [-0.2, -0.15) is 0 Å². The summed E-state index contributed by atoms with van der Waals surface area (Å²) < 4.78 is 10.6. The molecule has 2 aromatic heterocycles. The summed E-state index contributed by atoms with van der Waals surface area (Å²) in [7, 11) is 3.19. The van der Waals surface area contributed by atoms with Gasteiger partial charge in [-0.3, -0.25) is 10.1 Å². The Bertz CT molecular complexity index is 1220. The van der Waals surface area contributed by atoms with Crippen LogP contribution in [0.3, 0.4) is 0 Å². The van der Waals surface area contributed by atoms with E-state index in [-0.39, 0.29) is 5.91 Å². The molecular formula is C23H21N3O3S3. The maximum Gasteiger partial charge on any atom is 0.257 e. The largest absolute Gasteiger partial charge is 0.493 e. The van der Waals surface area contributed by atoms with E-state index in [1.807, 2.05) is 54.8 Å². The number of thiazole rings is 2. The number of hydrogen-bond acceptors (Lipinski definition) is 8. The maximum absolute atomic E-state index is 12.6. The van der Waals surface area contributed by atoms with Gasteiger partial charge in [0, 0.05) is 32.5 Å². The monoisotopic (exact) mass is 483 g/mol. The third-order valence-corrected chi connectivity index (χ3v) is 7.20. The average Bonchev–Trinajstić information content (AvgIpc) is 3.46. The van der Waals surface area contributed by atoms with Crippen LogP contribution in [0.15, 0.2) is 58.1 Å². The number of carbonyl (C=O) groups excluding carboxylic acids is 1. The van der Waals surface area contributed by atoms with Crippen LogP contribution in [0, 0.1) is 6.92 Å². The third-order valence-electron chi connectivity index (χ3n) is 4.57. The number of aryl methyl sites for hydroxylation is 1. The van der Waals surface area contributed by atoms with E-state index in [1.165, 1.54) is 11.3 Å². The quantitative estimate of drug-likeness (QED) is 0.304. The molecule has 1 amide bonds. The summed E-state index contributed by atoms with van der Waals surface area (Å²) in [6, 6.07) is 13.2. The van der Waals surface area contributed by atoms with Crippen molar-refractivity contribution in [2.24, 2.45) is 0 Å². The highest BCUT2D eigenvalue weighted by Gasteiger charge is 2.12. The van der Waals surface area contributed by atoms with Gasteiger partial charge >= 0.3 is 0 Å². The summed E-state index contributed by atoms with van der Waals surface area (Å²) >= 11 is 4.73. The molecule has 0 saturated heterocycles. The molecule has 4 rings (SSSR count). The molecular weight excluding hydrogens is 462 g/mol. The second-order valence-corrected chi connectivity index (χ2v) is 9.70. The number of amides is 1. The van der Waals surface area contributed by atoms with E-state index in [0.717, 1.165) is 32.6 Å². The van der Waals surface area contributed by atoms with Crippen LogP contribution in [0.25, 0.3) is 11.3 Å². The van der Waals surface area contributed by atoms with Crippen LogP contribution in [0.2, 0.25) is 0 Å². The Morgan fingerprint density at radius 3 is 2.47 bits per heavy atom. The van der Waals surface area contributed by atoms with Gasteiger partial charge in [-0.25, -0.2) is 9.97 Å². The SMILES string of the molecule is COc1ccc(-c2csc(NC(=O)c3ccc(SCc4csc(C)n4)cc3)n2)cc1OC. The number of carbonyl (C=O) groups is 1. The number of aromatic nitrogens is 2. The van der Waals surface area contributed by atoms with E-state index < -0.39 is 0 Å². The second-order valence-electron chi connectivity index (χ2n) is 6.73. The van der Waals surface area contributed by atoms with Gasteiger partial charge in [0.2, 0.25) is 0 Å². The number of ether oxygens (including phenoxy) is 2. The molecule has 0 bridgehead atoms.